The Hall–Kier alpha value is -1.05. The molecule has 18 heavy (non-hydrogen) atoms. The lowest BCUT2D eigenvalue weighted by Gasteiger charge is -2.22. The molecule has 1 atom stereocenters. The summed E-state index contributed by atoms with van der Waals surface area (Å²) in [6.07, 6.45) is 7.94. The second kappa shape index (κ2) is 5.73. The standard InChI is InChI=1S/C16H25NO/c1-4-5-6-8-12(2)17-13(3)11-14-15(17)9-7-10-16(14)18/h11-12H,4-10H2,1-3H3. The Morgan fingerprint density at radius 2 is 2.11 bits per heavy atom. The molecule has 1 heterocycles. The minimum absolute atomic E-state index is 0.346. The van der Waals surface area contributed by atoms with E-state index in [0.717, 1.165) is 24.8 Å². The van der Waals surface area contributed by atoms with Crippen molar-refractivity contribution >= 4 is 5.78 Å². The van der Waals surface area contributed by atoms with E-state index in [1.807, 2.05) is 0 Å². The molecule has 0 saturated carbocycles. The van der Waals surface area contributed by atoms with Gasteiger partial charge in [-0.1, -0.05) is 26.2 Å². The van der Waals surface area contributed by atoms with Gasteiger partial charge in [0.15, 0.2) is 5.78 Å². The first-order chi connectivity index (χ1) is 8.65. The maximum Gasteiger partial charge on any atom is 0.164 e. The summed E-state index contributed by atoms with van der Waals surface area (Å²) in [5.41, 5.74) is 3.56. The van der Waals surface area contributed by atoms with Crippen LogP contribution in [0, 0.1) is 6.92 Å². The van der Waals surface area contributed by atoms with Crippen molar-refractivity contribution in [3.8, 4) is 0 Å². The Labute approximate surface area is 110 Å². The van der Waals surface area contributed by atoms with Crippen LogP contribution in [0.1, 0.15) is 80.2 Å². The van der Waals surface area contributed by atoms with Gasteiger partial charge in [0.2, 0.25) is 0 Å². The monoisotopic (exact) mass is 247 g/mol. The summed E-state index contributed by atoms with van der Waals surface area (Å²) in [6.45, 7) is 6.68. The van der Waals surface area contributed by atoms with Gasteiger partial charge in [0.05, 0.1) is 0 Å². The third kappa shape index (κ3) is 2.52. The van der Waals surface area contributed by atoms with Crippen molar-refractivity contribution in [2.45, 2.75) is 71.8 Å². The Bertz CT molecular complexity index is 431. The number of carbonyl (C=O) groups is 1. The molecule has 0 amide bonds. The van der Waals surface area contributed by atoms with E-state index in [-0.39, 0.29) is 0 Å². The van der Waals surface area contributed by atoms with Crippen LogP contribution < -0.4 is 0 Å². The SMILES string of the molecule is CCCCCC(C)n1c(C)cc2c1CCCC2=O. The fraction of sp³-hybridized carbons (Fsp3) is 0.688. The number of rotatable bonds is 5. The molecule has 0 spiro atoms. The zero-order valence-electron chi connectivity index (χ0n) is 12.0. The van der Waals surface area contributed by atoms with Crippen LogP contribution in [0.3, 0.4) is 0 Å². The lowest BCUT2D eigenvalue weighted by atomic mass is 9.96. The molecule has 1 aliphatic carbocycles. The summed E-state index contributed by atoms with van der Waals surface area (Å²) < 4.78 is 2.42. The van der Waals surface area contributed by atoms with Crippen LogP contribution in [-0.2, 0) is 6.42 Å². The molecule has 0 aliphatic heterocycles. The zero-order valence-corrected chi connectivity index (χ0v) is 12.0. The molecule has 2 rings (SSSR count). The first kappa shape index (κ1) is 13.4. The molecule has 1 aromatic heterocycles. The van der Waals surface area contributed by atoms with Crippen LogP contribution in [0.4, 0.5) is 0 Å². The number of nitrogens with zero attached hydrogens (tertiary/aromatic N) is 1. The van der Waals surface area contributed by atoms with E-state index in [1.54, 1.807) is 0 Å². The van der Waals surface area contributed by atoms with Crippen molar-refractivity contribution in [1.82, 2.24) is 4.57 Å². The van der Waals surface area contributed by atoms with Gasteiger partial charge in [0.1, 0.15) is 0 Å². The number of unbranched alkanes of at least 4 members (excludes halogenated alkanes) is 2. The third-order valence-corrected chi connectivity index (χ3v) is 4.12. The summed E-state index contributed by atoms with van der Waals surface area (Å²) in [4.78, 5) is 11.9. The number of fused-ring (bicyclic) bond motifs is 1. The van der Waals surface area contributed by atoms with Crippen LogP contribution in [0.2, 0.25) is 0 Å². The molecular weight excluding hydrogens is 222 g/mol. The number of ketones is 1. The third-order valence-electron chi connectivity index (χ3n) is 4.12. The summed E-state index contributed by atoms with van der Waals surface area (Å²) in [5, 5.41) is 0. The zero-order chi connectivity index (χ0) is 13.1. The molecule has 1 aromatic rings. The quantitative estimate of drug-likeness (QED) is 0.704. The summed E-state index contributed by atoms with van der Waals surface area (Å²) in [7, 11) is 0. The molecule has 1 unspecified atom stereocenters. The van der Waals surface area contributed by atoms with Crippen molar-refractivity contribution in [1.29, 1.82) is 0 Å². The molecule has 1 aliphatic rings. The first-order valence-corrected chi connectivity index (χ1v) is 7.39. The predicted molar refractivity (Wildman–Crippen MR) is 75.3 cm³/mol. The van der Waals surface area contributed by atoms with E-state index < -0.39 is 0 Å². The number of Topliss-reactive ketones (excluding diaryl/α,β-unsaturated/α-hetero) is 1. The minimum Gasteiger partial charge on any atom is -0.345 e. The molecular formula is C16H25NO. The molecule has 0 saturated heterocycles. The largest absolute Gasteiger partial charge is 0.345 e. The van der Waals surface area contributed by atoms with Gasteiger partial charge in [0, 0.05) is 29.4 Å². The Morgan fingerprint density at radius 1 is 1.33 bits per heavy atom. The number of carbonyl (C=O) groups excluding carboxylic acids is 1. The normalized spacial score (nSPS) is 16.7. The van der Waals surface area contributed by atoms with Crippen molar-refractivity contribution in [3.05, 3.63) is 23.0 Å². The lowest BCUT2D eigenvalue weighted by molar-refractivity contribution is 0.0971. The average molecular weight is 247 g/mol. The smallest absolute Gasteiger partial charge is 0.164 e. The van der Waals surface area contributed by atoms with Gasteiger partial charge < -0.3 is 4.57 Å². The number of aryl methyl sites for hydroxylation is 1. The molecule has 0 bridgehead atoms. The Morgan fingerprint density at radius 3 is 2.83 bits per heavy atom. The average Bonchev–Trinajstić information content (AvgIpc) is 2.67. The van der Waals surface area contributed by atoms with Gasteiger partial charge in [-0.2, -0.15) is 0 Å². The second-order valence-corrected chi connectivity index (χ2v) is 5.64. The molecule has 2 nitrogen and oxygen atoms in total. The molecule has 100 valence electrons. The molecule has 0 radical (unpaired) electrons. The van der Waals surface area contributed by atoms with Crippen LogP contribution in [0.25, 0.3) is 0 Å². The summed E-state index contributed by atoms with van der Waals surface area (Å²) in [6, 6.07) is 2.64. The maximum absolute atomic E-state index is 11.9. The van der Waals surface area contributed by atoms with E-state index in [0.29, 0.717) is 11.8 Å². The number of aromatic nitrogens is 1. The van der Waals surface area contributed by atoms with E-state index in [9.17, 15) is 4.79 Å². The van der Waals surface area contributed by atoms with Crippen molar-refractivity contribution < 1.29 is 4.79 Å². The molecule has 0 aromatic carbocycles. The Kier molecular flexibility index (Phi) is 4.26. The molecule has 0 fully saturated rings. The topological polar surface area (TPSA) is 22.0 Å². The lowest BCUT2D eigenvalue weighted by Crippen LogP contribution is -2.16. The Balaban J connectivity index is 2.19. The summed E-state index contributed by atoms with van der Waals surface area (Å²) >= 11 is 0. The van der Waals surface area contributed by atoms with E-state index >= 15 is 0 Å². The van der Waals surface area contributed by atoms with Gasteiger partial charge in [0.25, 0.3) is 0 Å². The van der Waals surface area contributed by atoms with E-state index in [4.69, 9.17) is 0 Å². The van der Waals surface area contributed by atoms with Crippen LogP contribution in [0.15, 0.2) is 6.07 Å². The van der Waals surface area contributed by atoms with Crippen LogP contribution in [-0.4, -0.2) is 10.4 Å². The summed E-state index contributed by atoms with van der Waals surface area (Å²) in [5.74, 6) is 0.346. The van der Waals surface area contributed by atoms with Crippen molar-refractivity contribution in [2.24, 2.45) is 0 Å². The van der Waals surface area contributed by atoms with Gasteiger partial charge in [-0.05, 0) is 39.2 Å². The predicted octanol–water partition coefficient (Wildman–Crippen LogP) is 4.46. The maximum atomic E-state index is 11.9. The highest BCUT2D eigenvalue weighted by molar-refractivity contribution is 5.98. The van der Waals surface area contributed by atoms with Gasteiger partial charge >= 0.3 is 0 Å². The fourth-order valence-corrected chi connectivity index (χ4v) is 3.18. The first-order valence-electron chi connectivity index (χ1n) is 7.39. The van der Waals surface area contributed by atoms with Crippen LogP contribution in [0.5, 0.6) is 0 Å². The van der Waals surface area contributed by atoms with Gasteiger partial charge in [-0.3, -0.25) is 4.79 Å². The highest BCUT2D eigenvalue weighted by Crippen LogP contribution is 2.29. The van der Waals surface area contributed by atoms with E-state index in [1.165, 1.54) is 37.1 Å². The fourth-order valence-electron chi connectivity index (χ4n) is 3.18. The number of hydrogen-bond donors (Lipinski definition) is 0. The molecule has 2 heteroatoms. The van der Waals surface area contributed by atoms with Crippen molar-refractivity contribution in [2.75, 3.05) is 0 Å². The minimum atomic E-state index is 0.346. The van der Waals surface area contributed by atoms with Crippen LogP contribution >= 0.6 is 0 Å². The molecule has 0 N–H and O–H groups in total. The van der Waals surface area contributed by atoms with E-state index in [2.05, 4.69) is 31.4 Å². The van der Waals surface area contributed by atoms with Gasteiger partial charge in [-0.15, -0.1) is 0 Å². The second-order valence-electron chi connectivity index (χ2n) is 5.64. The highest BCUT2D eigenvalue weighted by Gasteiger charge is 2.24. The van der Waals surface area contributed by atoms with Gasteiger partial charge in [-0.25, -0.2) is 0 Å². The van der Waals surface area contributed by atoms with Crippen molar-refractivity contribution in [3.63, 3.8) is 0 Å². The highest BCUT2D eigenvalue weighted by atomic mass is 16.1. The number of hydrogen-bond acceptors (Lipinski definition) is 1.